The number of aliphatic carboxylic acids is 1. The molecule has 0 bridgehead atoms. The summed E-state index contributed by atoms with van der Waals surface area (Å²) in [6.45, 7) is 1.61. The number of benzene rings is 1. The number of hydrogen-bond acceptors (Lipinski definition) is 3. The van der Waals surface area contributed by atoms with Gasteiger partial charge in [-0.3, -0.25) is 0 Å². The molecule has 0 unspecified atom stereocenters. The number of carboxylic acid groups (broad SMARTS) is 1. The van der Waals surface area contributed by atoms with Crippen molar-refractivity contribution >= 4 is 5.97 Å². The smallest absolute Gasteiger partial charge is 0.341 e. The normalized spacial score (nSPS) is 10.2. The van der Waals surface area contributed by atoms with Crippen LogP contribution >= 0.6 is 0 Å². The van der Waals surface area contributed by atoms with Gasteiger partial charge in [0.15, 0.2) is 6.61 Å². The summed E-state index contributed by atoms with van der Waals surface area (Å²) >= 11 is 0. The van der Waals surface area contributed by atoms with E-state index in [2.05, 4.69) is 0 Å². The molecule has 0 atom stereocenters. The van der Waals surface area contributed by atoms with Gasteiger partial charge in [-0.15, -0.1) is 0 Å². The highest BCUT2D eigenvalue weighted by Crippen LogP contribution is 2.26. The zero-order chi connectivity index (χ0) is 12.3. The Balaban J connectivity index is 2.12. The molecule has 0 amide bonds. The third kappa shape index (κ3) is 2.87. The lowest BCUT2D eigenvalue weighted by Gasteiger charge is -1.99. The molecule has 1 aromatic heterocycles. The van der Waals surface area contributed by atoms with Crippen molar-refractivity contribution in [2.45, 2.75) is 6.92 Å². The van der Waals surface area contributed by atoms with Crippen LogP contribution in [0.15, 0.2) is 40.8 Å². The van der Waals surface area contributed by atoms with Crippen LogP contribution in [0.2, 0.25) is 0 Å². The van der Waals surface area contributed by atoms with Crippen LogP contribution < -0.4 is 4.74 Å². The minimum atomic E-state index is -1.03. The minimum absolute atomic E-state index is 0.211. The number of ether oxygens (including phenoxy) is 1. The van der Waals surface area contributed by atoms with Crippen molar-refractivity contribution in [2.24, 2.45) is 0 Å². The van der Waals surface area contributed by atoms with Gasteiger partial charge in [-0.2, -0.15) is 0 Å². The van der Waals surface area contributed by atoms with Crippen molar-refractivity contribution in [2.75, 3.05) is 6.61 Å². The Bertz CT molecular complexity index is 510. The van der Waals surface area contributed by atoms with Gasteiger partial charge in [-0.25, -0.2) is 4.79 Å². The molecule has 0 aliphatic heterocycles. The van der Waals surface area contributed by atoms with Crippen LogP contribution in [-0.2, 0) is 4.79 Å². The number of hydrogen-bond donors (Lipinski definition) is 1. The van der Waals surface area contributed by atoms with Crippen LogP contribution in [0.4, 0.5) is 0 Å². The van der Waals surface area contributed by atoms with Crippen LogP contribution in [0.5, 0.6) is 5.95 Å². The second kappa shape index (κ2) is 4.74. The highest BCUT2D eigenvalue weighted by molar-refractivity contribution is 5.68. The molecule has 88 valence electrons. The van der Waals surface area contributed by atoms with E-state index in [-0.39, 0.29) is 5.95 Å². The van der Waals surface area contributed by atoms with Gasteiger partial charge in [0.05, 0.1) is 0 Å². The lowest BCUT2D eigenvalue weighted by molar-refractivity contribution is -0.139. The Morgan fingerprint density at radius 3 is 2.59 bits per heavy atom. The Morgan fingerprint density at radius 1 is 1.24 bits per heavy atom. The van der Waals surface area contributed by atoms with Gasteiger partial charge in [0.25, 0.3) is 5.95 Å². The Morgan fingerprint density at radius 2 is 1.94 bits per heavy atom. The van der Waals surface area contributed by atoms with E-state index in [9.17, 15) is 4.79 Å². The number of carbonyl (C=O) groups is 1. The molecule has 0 aliphatic carbocycles. The van der Waals surface area contributed by atoms with E-state index in [0.717, 1.165) is 5.56 Å². The summed E-state index contributed by atoms with van der Waals surface area (Å²) in [5.41, 5.74) is 2.10. The molecule has 4 nitrogen and oxygen atoms in total. The molecule has 2 aromatic rings. The van der Waals surface area contributed by atoms with Crippen LogP contribution in [-0.4, -0.2) is 17.7 Å². The fourth-order valence-electron chi connectivity index (χ4n) is 1.40. The van der Waals surface area contributed by atoms with Gasteiger partial charge in [-0.1, -0.05) is 29.8 Å². The highest BCUT2D eigenvalue weighted by Gasteiger charge is 2.06. The molecular formula is C13H12O4. The summed E-state index contributed by atoms with van der Waals surface area (Å²) in [4.78, 5) is 10.3. The number of furan rings is 1. The molecule has 1 N–H and O–H groups in total. The molecule has 0 aliphatic rings. The molecule has 0 fully saturated rings. The standard InChI is InChI=1S/C13H12O4/c1-9-2-4-10(5-3-9)11-6-7-13(17-11)16-8-12(14)15/h2-7H,8H2,1H3,(H,14,15). The molecule has 0 saturated carbocycles. The van der Waals surface area contributed by atoms with Crippen molar-refractivity contribution < 1.29 is 19.1 Å². The van der Waals surface area contributed by atoms with E-state index in [0.29, 0.717) is 5.76 Å². The Kier molecular flexibility index (Phi) is 3.14. The van der Waals surface area contributed by atoms with E-state index in [1.54, 1.807) is 12.1 Å². The second-order valence-corrected chi connectivity index (χ2v) is 3.67. The lowest BCUT2D eigenvalue weighted by Crippen LogP contribution is -2.08. The van der Waals surface area contributed by atoms with Crippen molar-refractivity contribution in [3.05, 3.63) is 42.0 Å². The van der Waals surface area contributed by atoms with Crippen molar-refractivity contribution in [1.82, 2.24) is 0 Å². The van der Waals surface area contributed by atoms with Crippen LogP contribution in [0, 0.1) is 6.92 Å². The maximum atomic E-state index is 10.3. The first kappa shape index (κ1) is 11.3. The first-order chi connectivity index (χ1) is 8.15. The molecule has 1 aromatic carbocycles. The Labute approximate surface area is 98.4 Å². The number of rotatable bonds is 4. The summed E-state index contributed by atoms with van der Waals surface area (Å²) in [6, 6.07) is 11.2. The number of aryl methyl sites for hydroxylation is 1. The summed E-state index contributed by atoms with van der Waals surface area (Å²) in [5, 5.41) is 8.46. The van der Waals surface area contributed by atoms with Gasteiger partial charge >= 0.3 is 5.97 Å². The fourth-order valence-corrected chi connectivity index (χ4v) is 1.40. The third-order valence-electron chi connectivity index (χ3n) is 2.26. The lowest BCUT2D eigenvalue weighted by atomic mass is 10.1. The largest absolute Gasteiger partial charge is 0.479 e. The maximum absolute atomic E-state index is 10.3. The summed E-state index contributed by atoms with van der Waals surface area (Å²) in [5.74, 6) is -0.161. The first-order valence-corrected chi connectivity index (χ1v) is 5.16. The zero-order valence-electron chi connectivity index (χ0n) is 9.34. The minimum Gasteiger partial charge on any atom is -0.479 e. The average molecular weight is 232 g/mol. The summed E-state index contributed by atoms with van der Waals surface area (Å²) < 4.78 is 10.3. The topological polar surface area (TPSA) is 59.7 Å². The van der Waals surface area contributed by atoms with Crippen molar-refractivity contribution in [1.29, 1.82) is 0 Å². The van der Waals surface area contributed by atoms with Gasteiger partial charge < -0.3 is 14.3 Å². The van der Waals surface area contributed by atoms with Crippen molar-refractivity contribution in [3.63, 3.8) is 0 Å². The van der Waals surface area contributed by atoms with E-state index < -0.39 is 12.6 Å². The van der Waals surface area contributed by atoms with E-state index in [1.807, 2.05) is 31.2 Å². The maximum Gasteiger partial charge on any atom is 0.341 e. The molecule has 17 heavy (non-hydrogen) atoms. The monoisotopic (exact) mass is 232 g/mol. The molecular weight excluding hydrogens is 220 g/mol. The van der Waals surface area contributed by atoms with Gasteiger partial charge in [-0.05, 0) is 13.0 Å². The molecule has 1 heterocycles. The third-order valence-corrected chi connectivity index (χ3v) is 2.26. The molecule has 0 saturated heterocycles. The van der Waals surface area contributed by atoms with Gasteiger partial charge in [0.1, 0.15) is 5.76 Å². The first-order valence-electron chi connectivity index (χ1n) is 5.16. The summed E-state index contributed by atoms with van der Waals surface area (Å²) in [7, 11) is 0. The zero-order valence-corrected chi connectivity index (χ0v) is 9.34. The molecule has 4 heteroatoms. The molecule has 0 radical (unpaired) electrons. The fraction of sp³-hybridized carbons (Fsp3) is 0.154. The van der Waals surface area contributed by atoms with E-state index >= 15 is 0 Å². The molecule has 2 rings (SSSR count). The summed E-state index contributed by atoms with van der Waals surface area (Å²) in [6.07, 6.45) is 0. The number of carboxylic acids is 1. The van der Waals surface area contributed by atoms with Crippen LogP contribution in [0.25, 0.3) is 11.3 Å². The van der Waals surface area contributed by atoms with E-state index in [4.69, 9.17) is 14.3 Å². The van der Waals surface area contributed by atoms with Crippen LogP contribution in [0.1, 0.15) is 5.56 Å². The van der Waals surface area contributed by atoms with Gasteiger partial charge in [0, 0.05) is 11.6 Å². The quantitative estimate of drug-likeness (QED) is 0.880. The van der Waals surface area contributed by atoms with Crippen molar-refractivity contribution in [3.8, 4) is 17.3 Å². The highest BCUT2D eigenvalue weighted by atomic mass is 16.6. The van der Waals surface area contributed by atoms with E-state index in [1.165, 1.54) is 5.56 Å². The predicted octanol–water partition coefficient (Wildman–Crippen LogP) is 2.72. The SMILES string of the molecule is Cc1ccc(-c2ccc(OCC(=O)O)o2)cc1. The average Bonchev–Trinajstić information content (AvgIpc) is 2.76. The molecule has 0 spiro atoms. The Hall–Kier alpha value is -2.23. The van der Waals surface area contributed by atoms with Crippen LogP contribution in [0.3, 0.4) is 0 Å². The second-order valence-electron chi connectivity index (χ2n) is 3.67. The predicted molar refractivity (Wildman–Crippen MR) is 62.0 cm³/mol. The van der Waals surface area contributed by atoms with Gasteiger partial charge in [0.2, 0.25) is 0 Å².